The van der Waals surface area contributed by atoms with E-state index in [-0.39, 0.29) is 0 Å². The molecule has 0 spiro atoms. The predicted molar refractivity (Wildman–Crippen MR) is 57.4 cm³/mol. The monoisotopic (exact) mass is 194 g/mol. The molecule has 0 radical (unpaired) electrons. The van der Waals surface area contributed by atoms with Crippen LogP contribution in [0.25, 0.3) is 0 Å². The van der Waals surface area contributed by atoms with Crippen molar-refractivity contribution in [1.29, 1.82) is 0 Å². The number of rotatable bonds is 7. The minimum absolute atomic E-state index is 0.349. The Hall–Kier alpha value is 0.720. The number of hydrogen-bond acceptors (Lipinski definition) is 0. The van der Waals surface area contributed by atoms with Crippen LogP contribution in [0.15, 0.2) is 0 Å². The van der Waals surface area contributed by atoms with E-state index in [1.165, 1.54) is 37.7 Å². The summed E-state index contributed by atoms with van der Waals surface area (Å²) in [4.78, 5) is 0. The Bertz CT molecular complexity index is 70.0. The zero-order chi connectivity index (χ0) is 8.53. The van der Waals surface area contributed by atoms with Crippen molar-refractivity contribution in [3.8, 4) is 0 Å². The molecule has 0 aliphatic heterocycles. The fourth-order valence-corrected chi connectivity index (χ4v) is 4.11. The summed E-state index contributed by atoms with van der Waals surface area (Å²) >= 11 is 5.66. The van der Waals surface area contributed by atoms with Crippen molar-refractivity contribution in [2.24, 2.45) is 0 Å². The van der Waals surface area contributed by atoms with E-state index in [0.29, 0.717) is 7.92 Å². The molecule has 0 aromatic heterocycles. The van der Waals surface area contributed by atoms with Crippen molar-refractivity contribution in [3.05, 3.63) is 0 Å². The van der Waals surface area contributed by atoms with Crippen molar-refractivity contribution < 1.29 is 0 Å². The lowest BCUT2D eigenvalue weighted by molar-refractivity contribution is 1.02. The summed E-state index contributed by atoms with van der Waals surface area (Å²) in [5, 5.41) is 0. The van der Waals surface area contributed by atoms with Crippen molar-refractivity contribution in [1.82, 2.24) is 0 Å². The predicted octanol–water partition coefficient (Wildman–Crippen LogP) is 3.92. The van der Waals surface area contributed by atoms with Gasteiger partial charge < -0.3 is 0 Å². The maximum atomic E-state index is 5.66. The molecule has 0 atom stereocenters. The summed E-state index contributed by atoms with van der Waals surface area (Å²) in [5.74, 6) is 0.853. The van der Waals surface area contributed by atoms with Gasteiger partial charge in [-0.3, -0.25) is 0 Å². The van der Waals surface area contributed by atoms with Gasteiger partial charge in [-0.15, -0.1) is 19.5 Å². The fourth-order valence-electron chi connectivity index (χ4n) is 1.25. The molecule has 0 heterocycles. The summed E-state index contributed by atoms with van der Waals surface area (Å²) in [6.07, 6.45) is 8.26. The second-order valence-corrected chi connectivity index (χ2v) is 5.95. The van der Waals surface area contributed by atoms with Gasteiger partial charge in [0.2, 0.25) is 0 Å². The fraction of sp³-hybridized carbons (Fsp3) is 1.00. The summed E-state index contributed by atoms with van der Waals surface area (Å²) < 4.78 is 0. The quantitative estimate of drug-likeness (QED) is 0.426. The van der Waals surface area contributed by atoms with E-state index in [1.54, 1.807) is 0 Å². The van der Waals surface area contributed by atoms with Crippen molar-refractivity contribution in [2.75, 3.05) is 24.4 Å². The second kappa shape index (κ2) is 8.81. The molecular formula is C9H20ClP. The van der Waals surface area contributed by atoms with Crippen LogP contribution in [0.3, 0.4) is 0 Å². The number of alkyl halides is 1. The van der Waals surface area contributed by atoms with Gasteiger partial charge in [-0.25, -0.2) is 0 Å². The first kappa shape index (κ1) is 11.7. The molecule has 0 aromatic rings. The normalized spacial score (nSPS) is 10.9. The Morgan fingerprint density at radius 2 is 1.55 bits per heavy atom. The summed E-state index contributed by atoms with van der Waals surface area (Å²) in [7, 11) is 0.349. The summed E-state index contributed by atoms with van der Waals surface area (Å²) in [5.41, 5.74) is 0. The van der Waals surface area contributed by atoms with Gasteiger partial charge in [-0.1, -0.05) is 26.7 Å². The number of hydrogen-bond donors (Lipinski definition) is 0. The van der Waals surface area contributed by atoms with Crippen LogP contribution in [0, 0.1) is 0 Å². The van der Waals surface area contributed by atoms with E-state index in [9.17, 15) is 0 Å². The van der Waals surface area contributed by atoms with E-state index in [1.807, 2.05) is 0 Å². The van der Waals surface area contributed by atoms with Crippen molar-refractivity contribution in [2.45, 2.75) is 33.1 Å². The van der Waals surface area contributed by atoms with Crippen LogP contribution in [-0.4, -0.2) is 24.4 Å². The van der Waals surface area contributed by atoms with Gasteiger partial charge in [-0.05, 0) is 24.9 Å². The van der Waals surface area contributed by atoms with E-state index >= 15 is 0 Å². The molecule has 0 saturated carbocycles. The summed E-state index contributed by atoms with van der Waals surface area (Å²) in [6, 6.07) is 0. The van der Waals surface area contributed by atoms with Gasteiger partial charge in [0.15, 0.2) is 0 Å². The van der Waals surface area contributed by atoms with E-state index in [4.69, 9.17) is 11.6 Å². The van der Waals surface area contributed by atoms with Gasteiger partial charge in [0.1, 0.15) is 0 Å². The lowest BCUT2D eigenvalue weighted by atomic mass is 10.6. The van der Waals surface area contributed by atoms with Crippen LogP contribution in [-0.2, 0) is 0 Å². The van der Waals surface area contributed by atoms with Crippen LogP contribution in [0.1, 0.15) is 33.1 Å². The first-order valence-electron chi connectivity index (χ1n) is 4.63. The van der Waals surface area contributed by atoms with Crippen LogP contribution < -0.4 is 0 Å². The Balaban J connectivity index is 3.34. The van der Waals surface area contributed by atoms with Crippen LogP contribution in [0.2, 0.25) is 0 Å². The molecule has 0 rings (SSSR count). The topological polar surface area (TPSA) is 0 Å². The zero-order valence-corrected chi connectivity index (χ0v) is 9.43. The standard InChI is InChI=1S/C9H20ClP/c1-3-7-11(8-4-2)9-5-6-10/h3-9H2,1-2H3. The average Bonchev–Trinajstić information content (AvgIpc) is 2.01. The molecule has 0 N–H and O–H groups in total. The molecule has 0 aliphatic rings. The zero-order valence-electron chi connectivity index (χ0n) is 7.77. The Kier molecular flexibility index (Phi) is 9.39. The molecule has 0 nitrogen and oxygen atoms in total. The van der Waals surface area contributed by atoms with Gasteiger partial charge in [0.25, 0.3) is 0 Å². The molecule has 11 heavy (non-hydrogen) atoms. The Labute approximate surface area is 77.5 Å². The molecule has 2 heteroatoms. The molecule has 0 aromatic carbocycles. The SMILES string of the molecule is CCCP(CCC)CCCCl. The minimum atomic E-state index is 0.349. The van der Waals surface area contributed by atoms with Gasteiger partial charge in [0, 0.05) is 5.88 Å². The first-order chi connectivity index (χ1) is 5.35. The van der Waals surface area contributed by atoms with E-state index in [0.717, 1.165) is 5.88 Å². The highest BCUT2D eigenvalue weighted by Crippen LogP contribution is 2.37. The van der Waals surface area contributed by atoms with Crippen LogP contribution in [0.5, 0.6) is 0 Å². The minimum Gasteiger partial charge on any atom is -0.127 e. The lowest BCUT2D eigenvalue weighted by Gasteiger charge is -2.14. The molecule has 0 unspecified atom stereocenters. The lowest BCUT2D eigenvalue weighted by Crippen LogP contribution is -1.94. The van der Waals surface area contributed by atoms with Gasteiger partial charge in [-0.2, -0.15) is 0 Å². The average molecular weight is 195 g/mol. The van der Waals surface area contributed by atoms with E-state index < -0.39 is 0 Å². The van der Waals surface area contributed by atoms with Crippen LogP contribution >= 0.6 is 19.5 Å². The molecule has 0 fully saturated rings. The molecule has 0 saturated heterocycles. The third kappa shape index (κ3) is 7.09. The first-order valence-corrected chi connectivity index (χ1v) is 7.06. The molecule has 0 aliphatic carbocycles. The largest absolute Gasteiger partial charge is 0.127 e. The third-order valence-electron chi connectivity index (χ3n) is 1.69. The number of halogens is 1. The molecule has 0 amide bonds. The molecule has 0 bridgehead atoms. The third-order valence-corrected chi connectivity index (χ3v) is 5.06. The highest BCUT2D eigenvalue weighted by molar-refractivity contribution is 7.57. The van der Waals surface area contributed by atoms with E-state index in [2.05, 4.69) is 13.8 Å². The highest BCUT2D eigenvalue weighted by Gasteiger charge is 2.03. The maximum Gasteiger partial charge on any atom is 0.0226 e. The Morgan fingerprint density at radius 1 is 1.00 bits per heavy atom. The molecular weight excluding hydrogens is 175 g/mol. The summed E-state index contributed by atoms with van der Waals surface area (Å²) in [6.45, 7) is 4.57. The van der Waals surface area contributed by atoms with Crippen molar-refractivity contribution in [3.63, 3.8) is 0 Å². The highest BCUT2D eigenvalue weighted by atomic mass is 35.5. The van der Waals surface area contributed by atoms with Crippen LogP contribution in [0.4, 0.5) is 0 Å². The van der Waals surface area contributed by atoms with Crippen molar-refractivity contribution >= 4 is 19.5 Å². The smallest absolute Gasteiger partial charge is 0.0226 e. The maximum absolute atomic E-state index is 5.66. The van der Waals surface area contributed by atoms with Gasteiger partial charge in [0.05, 0.1) is 0 Å². The second-order valence-electron chi connectivity index (χ2n) is 2.88. The van der Waals surface area contributed by atoms with Gasteiger partial charge >= 0.3 is 0 Å². The molecule has 68 valence electrons. The Morgan fingerprint density at radius 3 is 1.91 bits per heavy atom.